The first-order chi connectivity index (χ1) is 8.33. The maximum atomic E-state index is 5.73. The van der Waals surface area contributed by atoms with Crippen LogP contribution >= 0.6 is 11.8 Å². The number of nitrogens with two attached hydrogens (primary N) is 1. The highest BCUT2D eigenvalue weighted by Gasteiger charge is 2.13. The number of aromatic amines is 1. The van der Waals surface area contributed by atoms with Crippen molar-refractivity contribution >= 4 is 17.6 Å². The van der Waals surface area contributed by atoms with Gasteiger partial charge in [0.25, 0.3) is 0 Å². The number of hydrogen-bond donors (Lipinski definition) is 2. The minimum Gasteiger partial charge on any atom is -0.486 e. The van der Waals surface area contributed by atoms with Crippen molar-refractivity contribution < 1.29 is 9.47 Å². The molecule has 1 aliphatic rings. The molecule has 0 aliphatic carbocycles. The van der Waals surface area contributed by atoms with E-state index in [2.05, 4.69) is 10.2 Å². The van der Waals surface area contributed by atoms with E-state index >= 15 is 0 Å². The van der Waals surface area contributed by atoms with Gasteiger partial charge >= 0.3 is 0 Å². The fourth-order valence-corrected chi connectivity index (χ4v) is 2.40. The van der Waals surface area contributed by atoms with Gasteiger partial charge in [0.2, 0.25) is 0 Å². The van der Waals surface area contributed by atoms with Crippen LogP contribution in [0.4, 0.5) is 5.82 Å². The van der Waals surface area contributed by atoms with Gasteiger partial charge < -0.3 is 15.2 Å². The van der Waals surface area contributed by atoms with Crippen LogP contribution in [0.1, 0.15) is 0 Å². The van der Waals surface area contributed by atoms with E-state index in [-0.39, 0.29) is 0 Å². The molecule has 2 aromatic rings. The van der Waals surface area contributed by atoms with Crippen LogP contribution in [0.15, 0.2) is 34.2 Å². The van der Waals surface area contributed by atoms with Gasteiger partial charge in [-0.1, -0.05) is 11.8 Å². The van der Waals surface area contributed by atoms with Crippen molar-refractivity contribution in [2.24, 2.45) is 0 Å². The predicted octanol–water partition coefficient (Wildman–Crippen LogP) is 1.91. The Hall–Kier alpha value is -1.82. The molecule has 0 atom stereocenters. The molecule has 88 valence electrons. The first-order valence-corrected chi connectivity index (χ1v) is 6.01. The van der Waals surface area contributed by atoms with Crippen molar-refractivity contribution in [2.45, 2.75) is 9.79 Å². The van der Waals surface area contributed by atoms with Crippen LogP contribution in [0.3, 0.4) is 0 Å². The average Bonchev–Trinajstić information content (AvgIpc) is 2.75. The van der Waals surface area contributed by atoms with Crippen molar-refractivity contribution in [3.8, 4) is 11.5 Å². The molecule has 6 heteroatoms. The zero-order chi connectivity index (χ0) is 11.7. The molecular formula is C11H11N3O2S. The van der Waals surface area contributed by atoms with E-state index in [0.717, 1.165) is 21.3 Å². The van der Waals surface area contributed by atoms with Gasteiger partial charge in [0, 0.05) is 4.90 Å². The van der Waals surface area contributed by atoms with Crippen LogP contribution in [0.2, 0.25) is 0 Å². The summed E-state index contributed by atoms with van der Waals surface area (Å²) in [6.07, 6.45) is 1.71. The van der Waals surface area contributed by atoms with Crippen LogP contribution in [-0.2, 0) is 0 Å². The normalized spacial score (nSPS) is 13.6. The summed E-state index contributed by atoms with van der Waals surface area (Å²) in [6.45, 7) is 1.20. The Balaban J connectivity index is 1.87. The van der Waals surface area contributed by atoms with Gasteiger partial charge in [-0.25, -0.2) is 0 Å². The van der Waals surface area contributed by atoms with E-state index in [4.69, 9.17) is 15.2 Å². The van der Waals surface area contributed by atoms with Gasteiger partial charge in [-0.3, -0.25) is 5.10 Å². The van der Waals surface area contributed by atoms with Crippen LogP contribution in [-0.4, -0.2) is 23.4 Å². The summed E-state index contributed by atoms with van der Waals surface area (Å²) in [5.74, 6) is 2.15. The van der Waals surface area contributed by atoms with Crippen molar-refractivity contribution in [3.05, 3.63) is 24.4 Å². The number of H-pyrrole nitrogens is 1. The third-order valence-corrected chi connectivity index (χ3v) is 3.41. The van der Waals surface area contributed by atoms with Crippen molar-refractivity contribution in [2.75, 3.05) is 18.9 Å². The summed E-state index contributed by atoms with van der Waals surface area (Å²) < 4.78 is 11.0. The second-order valence-electron chi connectivity index (χ2n) is 3.56. The molecule has 1 aliphatic heterocycles. The Kier molecular flexibility index (Phi) is 2.56. The highest BCUT2D eigenvalue weighted by atomic mass is 32.2. The highest BCUT2D eigenvalue weighted by molar-refractivity contribution is 7.99. The molecule has 0 bridgehead atoms. The Bertz CT molecular complexity index is 541. The number of anilines is 1. The van der Waals surface area contributed by atoms with Gasteiger partial charge in [-0.15, -0.1) is 0 Å². The molecule has 3 rings (SSSR count). The number of rotatable bonds is 2. The summed E-state index contributed by atoms with van der Waals surface area (Å²) in [7, 11) is 0. The largest absolute Gasteiger partial charge is 0.486 e. The van der Waals surface area contributed by atoms with E-state index in [0.29, 0.717) is 19.0 Å². The molecule has 0 fully saturated rings. The Morgan fingerprint density at radius 3 is 2.82 bits per heavy atom. The highest BCUT2D eigenvalue weighted by Crippen LogP contribution is 2.37. The molecule has 3 N–H and O–H groups in total. The Morgan fingerprint density at radius 1 is 1.24 bits per heavy atom. The summed E-state index contributed by atoms with van der Waals surface area (Å²) >= 11 is 1.54. The lowest BCUT2D eigenvalue weighted by atomic mass is 10.3. The first-order valence-electron chi connectivity index (χ1n) is 5.19. The third kappa shape index (κ3) is 2.03. The van der Waals surface area contributed by atoms with Crippen LogP contribution in [0.5, 0.6) is 11.5 Å². The Morgan fingerprint density at radius 2 is 2.06 bits per heavy atom. The molecule has 0 amide bonds. The average molecular weight is 249 g/mol. The quantitative estimate of drug-likeness (QED) is 0.850. The number of aromatic nitrogens is 2. The lowest BCUT2D eigenvalue weighted by molar-refractivity contribution is 0.171. The summed E-state index contributed by atoms with van der Waals surface area (Å²) in [5, 5.41) is 6.58. The fraction of sp³-hybridized carbons (Fsp3) is 0.182. The SMILES string of the molecule is Nc1[nH]ncc1Sc1ccc2c(c1)OCCO2. The number of benzene rings is 1. The van der Waals surface area contributed by atoms with Gasteiger partial charge in [-0.2, -0.15) is 5.10 Å². The summed E-state index contributed by atoms with van der Waals surface area (Å²) in [6, 6.07) is 5.84. The van der Waals surface area contributed by atoms with E-state index in [1.165, 1.54) is 11.8 Å². The summed E-state index contributed by atoms with van der Waals surface area (Å²) in [5.41, 5.74) is 5.73. The standard InChI is InChI=1S/C11H11N3O2S/c12-11-10(6-13-14-11)17-7-1-2-8-9(5-7)16-4-3-15-8/h1-2,5-6H,3-4H2,(H3,12,13,14). The molecule has 5 nitrogen and oxygen atoms in total. The maximum absolute atomic E-state index is 5.73. The number of fused-ring (bicyclic) bond motifs is 1. The van der Waals surface area contributed by atoms with Gasteiger partial charge in [0.15, 0.2) is 11.5 Å². The monoisotopic (exact) mass is 249 g/mol. The number of nitrogens with zero attached hydrogens (tertiary/aromatic N) is 1. The number of ether oxygens (including phenoxy) is 2. The van der Waals surface area contributed by atoms with Crippen LogP contribution in [0.25, 0.3) is 0 Å². The predicted molar refractivity (Wildman–Crippen MR) is 64.6 cm³/mol. The maximum Gasteiger partial charge on any atom is 0.162 e. The van der Waals surface area contributed by atoms with Crippen molar-refractivity contribution in [3.63, 3.8) is 0 Å². The molecular weight excluding hydrogens is 238 g/mol. The van der Waals surface area contributed by atoms with Crippen molar-refractivity contribution in [1.29, 1.82) is 0 Å². The Labute approximate surface area is 102 Å². The lowest BCUT2D eigenvalue weighted by Crippen LogP contribution is -2.15. The second kappa shape index (κ2) is 4.21. The number of nitrogen functional groups attached to an aromatic ring is 1. The summed E-state index contributed by atoms with van der Waals surface area (Å²) in [4.78, 5) is 1.95. The molecule has 0 unspecified atom stereocenters. The molecule has 1 aromatic carbocycles. The topological polar surface area (TPSA) is 73.2 Å². The van der Waals surface area contributed by atoms with E-state index in [1.54, 1.807) is 6.20 Å². The number of hydrogen-bond acceptors (Lipinski definition) is 5. The van der Waals surface area contributed by atoms with E-state index in [9.17, 15) is 0 Å². The second-order valence-corrected chi connectivity index (χ2v) is 4.67. The minimum absolute atomic E-state index is 0.574. The fourth-order valence-electron chi connectivity index (χ4n) is 1.58. The van der Waals surface area contributed by atoms with Gasteiger partial charge in [0.05, 0.1) is 11.1 Å². The molecule has 0 saturated heterocycles. The lowest BCUT2D eigenvalue weighted by Gasteiger charge is -2.18. The third-order valence-electron chi connectivity index (χ3n) is 2.37. The van der Waals surface area contributed by atoms with Crippen LogP contribution in [0, 0.1) is 0 Å². The molecule has 0 saturated carbocycles. The van der Waals surface area contributed by atoms with Gasteiger partial charge in [-0.05, 0) is 18.2 Å². The zero-order valence-corrected chi connectivity index (χ0v) is 9.79. The van der Waals surface area contributed by atoms with E-state index < -0.39 is 0 Å². The molecule has 0 radical (unpaired) electrons. The molecule has 17 heavy (non-hydrogen) atoms. The zero-order valence-electron chi connectivity index (χ0n) is 8.97. The first kappa shape index (κ1) is 10.3. The number of nitrogens with one attached hydrogen (secondary N) is 1. The smallest absolute Gasteiger partial charge is 0.162 e. The van der Waals surface area contributed by atoms with Crippen molar-refractivity contribution in [1.82, 2.24) is 10.2 Å². The minimum atomic E-state index is 0.574. The van der Waals surface area contributed by atoms with E-state index in [1.807, 2.05) is 18.2 Å². The van der Waals surface area contributed by atoms with Crippen LogP contribution < -0.4 is 15.2 Å². The molecule has 0 spiro atoms. The molecule has 1 aromatic heterocycles. The molecule has 2 heterocycles. The van der Waals surface area contributed by atoms with Gasteiger partial charge in [0.1, 0.15) is 19.0 Å².